The van der Waals surface area contributed by atoms with Gasteiger partial charge in [-0.05, 0) is 24.3 Å². The van der Waals surface area contributed by atoms with Gasteiger partial charge in [0, 0.05) is 12.6 Å². The highest BCUT2D eigenvalue weighted by atomic mass is 19.4. The van der Waals surface area contributed by atoms with Gasteiger partial charge in [0.15, 0.2) is 0 Å². The van der Waals surface area contributed by atoms with Gasteiger partial charge in [0.25, 0.3) is 0 Å². The van der Waals surface area contributed by atoms with Gasteiger partial charge in [0.2, 0.25) is 0 Å². The van der Waals surface area contributed by atoms with Gasteiger partial charge in [0.1, 0.15) is 0 Å². The average Bonchev–Trinajstić information content (AvgIpc) is 2.25. The molecule has 0 radical (unpaired) electrons. The molecule has 0 bridgehead atoms. The highest BCUT2D eigenvalue weighted by Gasteiger charge is 2.29. The minimum atomic E-state index is -4.25. The summed E-state index contributed by atoms with van der Waals surface area (Å²) in [6, 6.07) is 6.74. The Kier molecular flexibility index (Phi) is 5.11. The molecule has 3 nitrogen and oxygen atoms in total. The molecule has 19 heavy (non-hydrogen) atoms. The third-order valence-electron chi connectivity index (χ3n) is 2.35. The lowest BCUT2D eigenvalue weighted by Crippen LogP contribution is -2.30. The van der Waals surface area contributed by atoms with Crippen molar-refractivity contribution < 1.29 is 23.1 Å². The number of halogens is 3. The van der Waals surface area contributed by atoms with E-state index in [0.717, 1.165) is 11.0 Å². The van der Waals surface area contributed by atoms with Crippen LogP contribution in [0, 0.1) is 0 Å². The summed E-state index contributed by atoms with van der Waals surface area (Å²) in [7, 11) is 1.37. The summed E-state index contributed by atoms with van der Waals surface area (Å²) in [4.78, 5) is 11.6. The summed E-state index contributed by atoms with van der Waals surface area (Å²) in [5, 5.41) is 8.55. The molecule has 6 heteroatoms. The van der Waals surface area contributed by atoms with E-state index in [4.69, 9.17) is 5.11 Å². The predicted octanol–water partition coefficient (Wildman–Crippen LogP) is 2.78. The Morgan fingerprint density at radius 2 is 2.00 bits per heavy atom. The fourth-order valence-electron chi connectivity index (χ4n) is 1.65. The second-order valence-electron chi connectivity index (χ2n) is 4.16. The highest BCUT2D eigenvalue weighted by molar-refractivity contribution is 5.85. The van der Waals surface area contributed by atoms with Gasteiger partial charge in [-0.15, -0.1) is 0 Å². The first-order valence-corrected chi connectivity index (χ1v) is 5.52. The number of nitrogens with zero attached hydrogens (tertiary/aromatic N) is 1. The van der Waals surface area contributed by atoms with Crippen LogP contribution in [0.1, 0.15) is 11.1 Å². The Balaban J connectivity index is 2.80. The number of aliphatic carboxylic acids is 1. The smallest absolute Gasteiger partial charge is 0.401 e. The molecule has 0 saturated carbocycles. The van der Waals surface area contributed by atoms with E-state index in [1.807, 2.05) is 0 Å². The highest BCUT2D eigenvalue weighted by Crippen LogP contribution is 2.18. The maximum absolute atomic E-state index is 12.2. The maximum Gasteiger partial charge on any atom is 0.401 e. The Morgan fingerprint density at radius 1 is 1.37 bits per heavy atom. The van der Waals surface area contributed by atoms with Crippen LogP contribution in [0.4, 0.5) is 13.2 Å². The van der Waals surface area contributed by atoms with Crippen molar-refractivity contribution in [3.63, 3.8) is 0 Å². The molecule has 0 heterocycles. The molecular weight excluding hydrogens is 259 g/mol. The topological polar surface area (TPSA) is 40.5 Å². The van der Waals surface area contributed by atoms with E-state index in [1.165, 1.54) is 13.1 Å². The number of alkyl halides is 3. The van der Waals surface area contributed by atoms with Crippen LogP contribution in [0.3, 0.4) is 0 Å². The van der Waals surface area contributed by atoms with E-state index in [-0.39, 0.29) is 6.54 Å². The zero-order valence-electron chi connectivity index (χ0n) is 10.3. The molecule has 0 aliphatic carbocycles. The van der Waals surface area contributed by atoms with E-state index in [9.17, 15) is 18.0 Å². The molecule has 0 saturated heterocycles. The fourth-order valence-corrected chi connectivity index (χ4v) is 1.65. The molecule has 0 aliphatic rings. The number of carboxylic acid groups (broad SMARTS) is 1. The van der Waals surface area contributed by atoms with Crippen molar-refractivity contribution in [3.8, 4) is 0 Å². The summed E-state index contributed by atoms with van der Waals surface area (Å²) < 4.78 is 36.7. The molecule has 0 aromatic heterocycles. The molecule has 1 N–H and O–H groups in total. The molecule has 0 amide bonds. The molecule has 104 valence electrons. The molecule has 0 spiro atoms. The maximum atomic E-state index is 12.2. The predicted molar refractivity (Wildman–Crippen MR) is 65.5 cm³/mol. The number of rotatable bonds is 5. The fraction of sp³-hybridized carbons (Fsp3) is 0.308. The van der Waals surface area contributed by atoms with Crippen LogP contribution < -0.4 is 0 Å². The quantitative estimate of drug-likeness (QED) is 0.839. The van der Waals surface area contributed by atoms with Crippen LogP contribution in [0.5, 0.6) is 0 Å². The van der Waals surface area contributed by atoms with E-state index >= 15 is 0 Å². The average molecular weight is 273 g/mol. The van der Waals surface area contributed by atoms with Crippen molar-refractivity contribution in [1.82, 2.24) is 4.90 Å². The van der Waals surface area contributed by atoms with Crippen molar-refractivity contribution >= 4 is 12.0 Å². The Hall–Kier alpha value is -1.82. The largest absolute Gasteiger partial charge is 0.478 e. The van der Waals surface area contributed by atoms with Crippen LogP contribution in [0.25, 0.3) is 6.08 Å². The number of carboxylic acids is 1. The Bertz CT molecular complexity index is 469. The molecule has 0 fully saturated rings. The number of benzene rings is 1. The third-order valence-corrected chi connectivity index (χ3v) is 2.35. The molecular formula is C13H14F3NO2. The van der Waals surface area contributed by atoms with Crippen LogP contribution in [-0.4, -0.2) is 35.7 Å². The minimum Gasteiger partial charge on any atom is -0.478 e. The van der Waals surface area contributed by atoms with Crippen molar-refractivity contribution in [1.29, 1.82) is 0 Å². The van der Waals surface area contributed by atoms with Gasteiger partial charge in [0.05, 0.1) is 6.54 Å². The molecule has 0 unspecified atom stereocenters. The van der Waals surface area contributed by atoms with E-state index in [1.54, 1.807) is 24.3 Å². The second kappa shape index (κ2) is 6.38. The van der Waals surface area contributed by atoms with Crippen molar-refractivity contribution in [3.05, 3.63) is 41.5 Å². The van der Waals surface area contributed by atoms with Gasteiger partial charge in [-0.25, -0.2) is 4.79 Å². The number of hydrogen-bond donors (Lipinski definition) is 1. The lowest BCUT2D eigenvalue weighted by atomic mass is 10.1. The molecule has 1 aromatic carbocycles. The number of hydrogen-bond acceptors (Lipinski definition) is 2. The first-order chi connectivity index (χ1) is 8.78. The van der Waals surface area contributed by atoms with Crippen LogP contribution in [0.2, 0.25) is 0 Å². The SMILES string of the molecule is CN(Cc1ccccc1C=CC(=O)O)CC(F)(F)F. The van der Waals surface area contributed by atoms with Crippen molar-refractivity contribution in [2.45, 2.75) is 12.7 Å². The Labute approximate surface area is 109 Å². The van der Waals surface area contributed by atoms with E-state index < -0.39 is 18.7 Å². The molecule has 0 atom stereocenters. The molecule has 0 aliphatic heterocycles. The zero-order valence-corrected chi connectivity index (χ0v) is 10.3. The summed E-state index contributed by atoms with van der Waals surface area (Å²) in [5.41, 5.74) is 1.24. The van der Waals surface area contributed by atoms with E-state index in [0.29, 0.717) is 11.1 Å². The third kappa shape index (κ3) is 6.05. The summed E-state index contributed by atoms with van der Waals surface area (Å²) in [6.07, 6.45) is -1.91. The summed E-state index contributed by atoms with van der Waals surface area (Å²) in [6.45, 7) is -0.913. The molecule has 1 aromatic rings. The first-order valence-electron chi connectivity index (χ1n) is 5.52. The molecule has 1 rings (SSSR count). The minimum absolute atomic E-state index is 0.0969. The monoisotopic (exact) mass is 273 g/mol. The summed E-state index contributed by atoms with van der Waals surface area (Å²) >= 11 is 0. The van der Waals surface area contributed by atoms with Gasteiger partial charge >= 0.3 is 12.1 Å². The zero-order chi connectivity index (χ0) is 14.5. The first kappa shape index (κ1) is 15.2. The normalized spacial score (nSPS) is 12.3. The van der Waals surface area contributed by atoms with Crippen LogP contribution in [-0.2, 0) is 11.3 Å². The van der Waals surface area contributed by atoms with E-state index in [2.05, 4.69) is 0 Å². The van der Waals surface area contributed by atoms with Gasteiger partial charge in [-0.3, -0.25) is 4.90 Å². The summed E-state index contributed by atoms with van der Waals surface area (Å²) in [5.74, 6) is -1.10. The van der Waals surface area contributed by atoms with Crippen molar-refractivity contribution in [2.75, 3.05) is 13.6 Å². The van der Waals surface area contributed by atoms with Gasteiger partial charge < -0.3 is 5.11 Å². The van der Waals surface area contributed by atoms with Crippen molar-refractivity contribution in [2.24, 2.45) is 0 Å². The van der Waals surface area contributed by atoms with Gasteiger partial charge in [-0.1, -0.05) is 24.3 Å². The second-order valence-corrected chi connectivity index (χ2v) is 4.16. The lowest BCUT2D eigenvalue weighted by molar-refractivity contribution is -0.144. The van der Waals surface area contributed by atoms with Crippen LogP contribution >= 0.6 is 0 Å². The van der Waals surface area contributed by atoms with Gasteiger partial charge in [-0.2, -0.15) is 13.2 Å². The Morgan fingerprint density at radius 3 is 2.58 bits per heavy atom. The van der Waals surface area contributed by atoms with Crippen LogP contribution in [0.15, 0.2) is 30.3 Å². The standard InChI is InChI=1S/C13H14F3NO2/c1-17(9-13(14,15)16)8-11-5-3-2-4-10(11)6-7-12(18)19/h2-7H,8-9H2,1H3,(H,18,19). The number of carbonyl (C=O) groups is 1. The lowest BCUT2D eigenvalue weighted by Gasteiger charge is -2.19.